The molecule has 0 aliphatic carbocycles. The van der Waals surface area contributed by atoms with Gasteiger partial charge >= 0.3 is 12.4 Å². The van der Waals surface area contributed by atoms with Crippen molar-refractivity contribution in [1.82, 2.24) is 24.5 Å². The highest BCUT2D eigenvalue weighted by molar-refractivity contribution is 5.90. The Morgan fingerprint density at radius 1 is 1.24 bits per heavy atom. The number of hydrogen-bond donors (Lipinski definition) is 1. The van der Waals surface area contributed by atoms with Crippen LogP contribution in [0.1, 0.15) is 24.5 Å². The number of aromatic nitrogens is 2. The minimum Gasteiger partial charge on any atom is -0.406 e. The largest absolute Gasteiger partial charge is 0.573 e. The quantitative estimate of drug-likeness (QED) is 0.635. The number of rotatable bonds is 5. The summed E-state index contributed by atoms with van der Waals surface area (Å²) in [6, 6.07) is 4.34. The zero-order valence-electron chi connectivity index (χ0n) is 21.1. The van der Waals surface area contributed by atoms with Crippen molar-refractivity contribution in [2.45, 2.75) is 38.2 Å². The Bertz CT molecular complexity index is 1350. The monoisotopic (exact) mass is 532 g/mol. The lowest BCUT2D eigenvalue weighted by Gasteiger charge is -2.37. The number of nitrogens with one attached hydrogen (secondary N) is 1. The molecule has 0 saturated heterocycles. The number of benzene rings is 1. The molecule has 13 heteroatoms. The molecule has 202 valence electrons. The fourth-order valence-electron chi connectivity index (χ4n) is 4.44. The molecule has 10 nitrogen and oxygen atoms in total. The smallest absolute Gasteiger partial charge is 0.406 e. The van der Waals surface area contributed by atoms with Crippen molar-refractivity contribution in [3.8, 4) is 11.4 Å². The highest BCUT2D eigenvalue weighted by atomic mass is 19.4. The molecule has 1 atom stereocenters. The van der Waals surface area contributed by atoms with Crippen LogP contribution in [0.25, 0.3) is 5.69 Å². The van der Waals surface area contributed by atoms with Crippen molar-refractivity contribution < 1.29 is 27.5 Å². The molecule has 0 spiro atoms. The number of halogens is 3. The predicted molar refractivity (Wildman–Crippen MR) is 133 cm³/mol. The van der Waals surface area contributed by atoms with Crippen LogP contribution in [0.2, 0.25) is 0 Å². The minimum atomic E-state index is -4.86. The van der Waals surface area contributed by atoms with Crippen molar-refractivity contribution >= 4 is 17.8 Å². The number of alkyl halides is 3. The molecule has 38 heavy (non-hydrogen) atoms. The van der Waals surface area contributed by atoms with E-state index in [0.717, 1.165) is 16.8 Å². The van der Waals surface area contributed by atoms with Gasteiger partial charge in [-0.15, -0.1) is 18.3 Å². The van der Waals surface area contributed by atoms with E-state index in [1.807, 2.05) is 6.08 Å². The van der Waals surface area contributed by atoms with Gasteiger partial charge in [-0.25, -0.2) is 4.79 Å². The summed E-state index contributed by atoms with van der Waals surface area (Å²) in [6.07, 6.45) is 0.661. The number of fused-ring (bicyclic) bond motifs is 1. The zero-order chi connectivity index (χ0) is 27.8. The summed E-state index contributed by atoms with van der Waals surface area (Å²) >= 11 is 0. The lowest BCUT2D eigenvalue weighted by molar-refractivity contribution is -0.274. The lowest BCUT2D eigenvalue weighted by Crippen LogP contribution is -2.52. The van der Waals surface area contributed by atoms with Crippen LogP contribution in [0.4, 0.5) is 23.8 Å². The molecule has 1 unspecified atom stereocenters. The van der Waals surface area contributed by atoms with Gasteiger partial charge in [-0.2, -0.15) is 4.68 Å². The molecule has 2 aliphatic heterocycles. The van der Waals surface area contributed by atoms with E-state index < -0.39 is 23.2 Å². The van der Waals surface area contributed by atoms with Gasteiger partial charge in [0.15, 0.2) is 5.82 Å². The van der Waals surface area contributed by atoms with Crippen molar-refractivity contribution in [3.05, 3.63) is 70.8 Å². The highest BCUT2D eigenvalue weighted by Gasteiger charge is 2.39. The van der Waals surface area contributed by atoms with Crippen molar-refractivity contribution in [2.75, 3.05) is 26.0 Å². The fraction of sp³-hybridized carbons (Fsp3) is 0.360. The normalized spacial score (nSPS) is 19.2. The molecule has 3 heterocycles. The third kappa shape index (κ3) is 5.22. The van der Waals surface area contributed by atoms with Gasteiger partial charge in [-0.05, 0) is 44.0 Å². The minimum absolute atomic E-state index is 0.0257. The second-order valence-electron chi connectivity index (χ2n) is 9.27. The second-order valence-corrected chi connectivity index (χ2v) is 9.27. The number of anilines is 1. The van der Waals surface area contributed by atoms with E-state index in [2.05, 4.69) is 21.7 Å². The molecule has 2 aliphatic rings. The van der Waals surface area contributed by atoms with Crippen LogP contribution in [0.5, 0.6) is 5.75 Å². The van der Waals surface area contributed by atoms with Crippen molar-refractivity contribution in [2.24, 2.45) is 0 Å². The Hall–Kier alpha value is -4.29. The Labute approximate surface area is 216 Å². The van der Waals surface area contributed by atoms with E-state index in [4.69, 9.17) is 0 Å². The topological polar surface area (TPSA) is 100 Å². The third-order valence-electron chi connectivity index (χ3n) is 6.48. The summed E-state index contributed by atoms with van der Waals surface area (Å²) < 4.78 is 42.8. The lowest BCUT2D eigenvalue weighted by atomic mass is 9.92. The number of carbonyl (C=O) groups excluding carboxylic acids is 2. The van der Waals surface area contributed by atoms with Gasteiger partial charge in [0.05, 0.1) is 12.2 Å². The van der Waals surface area contributed by atoms with Gasteiger partial charge in [0, 0.05) is 44.2 Å². The van der Waals surface area contributed by atoms with Gasteiger partial charge in [-0.1, -0.05) is 12.7 Å². The van der Waals surface area contributed by atoms with Crippen molar-refractivity contribution in [1.29, 1.82) is 0 Å². The molecular formula is C25H27F3N6O4. The van der Waals surface area contributed by atoms with Gasteiger partial charge in [0.2, 0.25) is 0 Å². The first-order valence-corrected chi connectivity index (χ1v) is 11.7. The highest BCUT2D eigenvalue weighted by Crippen LogP contribution is 2.30. The van der Waals surface area contributed by atoms with Crippen LogP contribution in [0.15, 0.2) is 54.1 Å². The second kappa shape index (κ2) is 9.88. The zero-order valence-corrected chi connectivity index (χ0v) is 21.1. The van der Waals surface area contributed by atoms with Crippen LogP contribution in [-0.4, -0.2) is 69.0 Å². The first kappa shape index (κ1) is 26.8. The molecule has 0 radical (unpaired) electrons. The summed E-state index contributed by atoms with van der Waals surface area (Å²) in [5.41, 5.74) is -0.566. The number of ether oxygens (including phenoxy) is 1. The SMILES string of the molecule is C=CN(C)C(=O)N1CCc2c(NC3(C)CC=CN(C)C3=O)nn(-c3ccc(OC(F)(F)F)cc3)c(=O)c2C1. The number of nitrogens with zero attached hydrogens (tertiary/aromatic N) is 5. The van der Waals surface area contributed by atoms with E-state index >= 15 is 0 Å². The number of amides is 3. The van der Waals surface area contributed by atoms with Gasteiger partial charge in [-0.3, -0.25) is 9.59 Å². The predicted octanol–water partition coefficient (Wildman–Crippen LogP) is 3.23. The summed E-state index contributed by atoms with van der Waals surface area (Å²) in [7, 11) is 3.18. The maximum atomic E-state index is 13.6. The average Bonchev–Trinajstić information content (AvgIpc) is 2.87. The summed E-state index contributed by atoms with van der Waals surface area (Å²) in [5.74, 6) is -0.383. The molecule has 4 rings (SSSR count). The Morgan fingerprint density at radius 3 is 2.55 bits per heavy atom. The summed E-state index contributed by atoms with van der Waals surface area (Å²) in [4.78, 5) is 43.6. The number of hydrogen-bond acceptors (Lipinski definition) is 6. The number of carbonyl (C=O) groups is 2. The van der Waals surface area contributed by atoms with E-state index in [0.29, 0.717) is 24.9 Å². The van der Waals surface area contributed by atoms with Crippen LogP contribution >= 0.6 is 0 Å². The van der Waals surface area contributed by atoms with E-state index in [1.54, 1.807) is 27.2 Å². The Balaban J connectivity index is 1.80. The van der Waals surface area contributed by atoms with Crippen LogP contribution in [0, 0.1) is 0 Å². The van der Waals surface area contributed by atoms with E-state index in [1.165, 1.54) is 33.0 Å². The van der Waals surface area contributed by atoms with Crippen LogP contribution in [-0.2, 0) is 17.8 Å². The van der Waals surface area contributed by atoms with Crippen LogP contribution in [0.3, 0.4) is 0 Å². The molecule has 1 aromatic heterocycles. The van der Waals surface area contributed by atoms with Crippen LogP contribution < -0.4 is 15.6 Å². The molecule has 0 saturated carbocycles. The maximum Gasteiger partial charge on any atom is 0.573 e. The Kier molecular flexibility index (Phi) is 6.96. The average molecular weight is 533 g/mol. The standard InChI is InChI=1S/C25H27F3N6O4/c1-5-31(3)23(37)33-14-11-18-19(15-33)21(35)34(16-7-9-17(10-8-16)38-25(26,27)28)30-20(18)29-24(2)12-6-13-32(4)22(24)36/h5-10,13H,1,11-12,14-15H2,2-4H3,(H,29,30). The summed E-state index contributed by atoms with van der Waals surface area (Å²) in [6.45, 7) is 5.59. The molecule has 2 aromatic rings. The Morgan fingerprint density at radius 2 is 1.92 bits per heavy atom. The molecule has 0 bridgehead atoms. The first-order valence-electron chi connectivity index (χ1n) is 11.7. The van der Waals surface area contributed by atoms with Crippen molar-refractivity contribution in [3.63, 3.8) is 0 Å². The molecule has 1 N–H and O–H groups in total. The molecule has 3 amide bonds. The third-order valence-corrected chi connectivity index (χ3v) is 6.48. The number of urea groups is 1. The van der Waals surface area contributed by atoms with E-state index in [-0.39, 0.29) is 35.6 Å². The van der Waals surface area contributed by atoms with Gasteiger partial charge < -0.3 is 24.8 Å². The van der Waals surface area contributed by atoms with Gasteiger partial charge in [0.25, 0.3) is 11.5 Å². The fourth-order valence-corrected chi connectivity index (χ4v) is 4.44. The maximum absolute atomic E-state index is 13.6. The number of likely N-dealkylation sites (N-methyl/N-ethyl adjacent to an activating group) is 1. The van der Waals surface area contributed by atoms with Gasteiger partial charge in [0.1, 0.15) is 11.3 Å². The molecule has 0 fully saturated rings. The molecule has 1 aromatic carbocycles. The first-order chi connectivity index (χ1) is 17.8. The summed E-state index contributed by atoms with van der Waals surface area (Å²) in [5, 5.41) is 7.69. The molecular weight excluding hydrogens is 505 g/mol. The van der Waals surface area contributed by atoms with E-state index in [9.17, 15) is 27.6 Å².